The second-order valence-corrected chi connectivity index (χ2v) is 3.60. The van der Waals surface area contributed by atoms with Crippen molar-refractivity contribution in [3.63, 3.8) is 0 Å². The van der Waals surface area contributed by atoms with E-state index in [4.69, 9.17) is 0 Å². The van der Waals surface area contributed by atoms with Crippen LogP contribution in [0.3, 0.4) is 0 Å². The number of rotatable bonds is 1. The Morgan fingerprint density at radius 3 is 2.67 bits per heavy atom. The average molecular weight is 236 g/mol. The third-order valence-corrected chi connectivity index (χ3v) is 2.65. The number of hydrogen-bond acceptors (Lipinski definition) is 0. The van der Waals surface area contributed by atoms with Crippen LogP contribution in [0.4, 0.5) is 0 Å². The molecule has 0 nitrogen and oxygen atoms in total. The first-order chi connectivity index (χ1) is 8.86. The maximum Gasteiger partial charge on any atom is -0.00283 e. The highest BCUT2D eigenvalue weighted by Gasteiger charge is 2.00. The summed E-state index contributed by atoms with van der Waals surface area (Å²) in [5.41, 5.74) is 5.58. The molecule has 0 aromatic heterocycles. The van der Waals surface area contributed by atoms with Crippen LogP contribution < -0.4 is 10.4 Å². The molecule has 1 aliphatic rings. The summed E-state index contributed by atoms with van der Waals surface area (Å²) < 4.78 is 0. The summed E-state index contributed by atoms with van der Waals surface area (Å²) in [4.78, 5) is 0. The summed E-state index contributed by atoms with van der Waals surface area (Å²) in [6.07, 6.45) is 14.0. The molecule has 0 saturated heterocycles. The van der Waals surface area contributed by atoms with Gasteiger partial charge >= 0.3 is 0 Å². The molecule has 0 heterocycles. The van der Waals surface area contributed by atoms with Crippen LogP contribution in [0.25, 0.3) is 24.3 Å². The van der Waals surface area contributed by atoms with Crippen LogP contribution in [0, 0.1) is 0 Å². The van der Waals surface area contributed by atoms with E-state index in [1.165, 1.54) is 21.6 Å². The first-order valence-corrected chi connectivity index (χ1v) is 6.38. The van der Waals surface area contributed by atoms with Gasteiger partial charge in [-0.1, -0.05) is 62.9 Å². The molecule has 0 N–H and O–H groups in total. The molecule has 0 atom stereocenters. The maximum absolute atomic E-state index is 3.77. The van der Waals surface area contributed by atoms with Crippen molar-refractivity contribution in [3.8, 4) is 0 Å². The Morgan fingerprint density at radius 1 is 1.22 bits per heavy atom. The Kier molecular flexibility index (Phi) is 5.70. The van der Waals surface area contributed by atoms with Gasteiger partial charge in [0.15, 0.2) is 0 Å². The van der Waals surface area contributed by atoms with Crippen LogP contribution in [-0.4, -0.2) is 0 Å². The van der Waals surface area contributed by atoms with Crippen LogP contribution in [0.5, 0.6) is 0 Å². The van der Waals surface area contributed by atoms with Gasteiger partial charge in [-0.15, -0.1) is 5.73 Å². The molecule has 1 aromatic carbocycles. The molecule has 92 valence electrons. The number of fused-ring (bicyclic) bond motifs is 1. The van der Waals surface area contributed by atoms with E-state index in [0.717, 1.165) is 0 Å². The maximum atomic E-state index is 3.77. The minimum absolute atomic E-state index is 1.21. The van der Waals surface area contributed by atoms with E-state index in [-0.39, 0.29) is 0 Å². The number of hydrogen-bond donors (Lipinski definition) is 0. The van der Waals surface area contributed by atoms with E-state index < -0.39 is 0 Å². The van der Waals surface area contributed by atoms with Gasteiger partial charge in [0.05, 0.1) is 0 Å². The lowest BCUT2D eigenvalue weighted by molar-refractivity contribution is 1.46. The predicted molar refractivity (Wildman–Crippen MR) is 83.4 cm³/mol. The summed E-state index contributed by atoms with van der Waals surface area (Å²) in [5.74, 6) is 0. The van der Waals surface area contributed by atoms with Crippen molar-refractivity contribution in [2.75, 3.05) is 0 Å². The van der Waals surface area contributed by atoms with E-state index in [1.54, 1.807) is 0 Å². The van der Waals surface area contributed by atoms with Gasteiger partial charge in [-0.05, 0) is 40.6 Å². The molecule has 0 radical (unpaired) electrons. The van der Waals surface area contributed by atoms with Gasteiger partial charge in [0.25, 0.3) is 0 Å². The monoisotopic (exact) mass is 236 g/mol. The van der Waals surface area contributed by atoms with Crippen LogP contribution in [0.15, 0.2) is 42.7 Å². The fraction of sp³-hybridized carbons (Fsp3) is 0.167. The van der Waals surface area contributed by atoms with Crippen LogP contribution >= 0.6 is 0 Å². The zero-order chi connectivity index (χ0) is 13.4. The first-order valence-electron chi connectivity index (χ1n) is 6.38. The molecule has 1 aromatic rings. The van der Waals surface area contributed by atoms with Gasteiger partial charge in [-0.2, -0.15) is 0 Å². The molecular formula is C18H20. The molecule has 0 aliphatic heterocycles. The summed E-state index contributed by atoms with van der Waals surface area (Å²) in [6, 6.07) is 4.27. The topological polar surface area (TPSA) is 0 Å². The van der Waals surface area contributed by atoms with Gasteiger partial charge < -0.3 is 0 Å². The quantitative estimate of drug-likeness (QED) is 0.653. The van der Waals surface area contributed by atoms with Gasteiger partial charge in [0.2, 0.25) is 0 Å². The van der Waals surface area contributed by atoms with E-state index in [0.29, 0.717) is 0 Å². The Labute approximate surface area is 110 Å². The molecule has 1 aliphatic carbocycles. The van der Waals surface area contributed by atoms with Gasteiger partial charge in [-0.25, -0.2) is 0 Å². The fourth-order valence-electron chi connectivity index (χ4n) is 1.87. The summed E-state index contributed by atoms with van der Waals surface area (Å²) >= 11 is 0. The second kappa shape index (κ2) is 7.32. The Hall–Kier alpha value is -2.04. The number of allylic oxidation sites excluding steroid dienone is 3. The predicted octanol–water partition coefficient (Wildman–Crippen LogP) is 3.67. The lowest BCUT2D eigenvalue weighted by Crippen LogP contribution is -2.27. The summed E-state index contributed by atoms with van der Waals surface area (Å²) in [6.45, 7) is 9.82. The SMILES string of the molecule is C=C/C=c1/c2c(cc/c1=C/C)C=CC=C=C2.CC. The molecule has 0 amide bonds. The third kappa shape index (κ3) is 3.00. The molecule has 0 saturated carbocycles. The second-order valence-electron chi connectivity index (χ2n) is 3.60. The Balaban J connectivity index is 0.000000771. The highest BCUT2D eigenvalue weighted by atomic mass is 14.0. The van der Waals surface area contributed by atoms with E-state index >= 15 is 0 Å². The molecule has 2 rings (SSSR count). The zero-order valence-electron chi connectivity index (χ0n) is 11.4. The highest BCUT2D eigenvalue weighted by molar-refractivity contribution is 5.69. The Bertz CT molecular complexity index is 619. The lowest BCUT2D eigenvalue weighted by Gasteiger charge is -2.02. The summed E-state index contributed by atoms with van der Waals surface area (Å²) in [5, 5.41) is 2.44. The molecule has 0 spiro atoms. The molecule has 0 bridgehead atoms. The van der Waals surface area contributed by atoms with Crippen molar-refractivity contribution in [1.82, 2.24) is 0 Å². The van der Waals surface area contributed by atoms with Crippen molar-refractivity contribution < 1.29 is 0 Å². The molecule has 0 fully saturated rings. The first kappa shape index (κ1) is 14.0. The third-order valence-electron chi connectivity index (χ3n) is 2.65. The molecule has 0 heteroatoms. The van der Waals surface area contributed by atoms with Crippen molar-refractivity contribution in [2.45, 2.75) is 20.8 Å². The van der Waals surface area contributed by atoms with Crippen molar-refractivity contribution in [3.05, 3.63) is 64.2 Å². The van der Waals surface area contributed by atoms with Crippen LogP contribution in [0.1, 0.15) is 31.9 Å². The van der Waals surface area contributed by atoms with Crippen molar-refractivity contribution >= 4 is 24.3 Å². The van der Waals surface area contributed by atoms with Gasteiger partial charge in [0, 0.05) is 0 Å². The fourth-order valence-corrected chi connectivity index (χ4v) is 1.87. The van der Waals surface area contributed by atoms with Crippen LogP contribution in [-0.2, 0) is 0 Å². The van der Waals surface area contributed by atoms with Gasteiger partial charge in [-0.3, -0.25) is 0 Å². The van der Waals surface area contributed by atoms with Crippen LogP contribution in [0.2, 0.25) is 0 Å². The minimum Gasteiger partial charge on any atom is -0.120 e. The van der Waals surface area contributed by atoms with Crippen molar-refractivity contribution in [1.29, 1.82) is 0 Å². The minimum atomic E-state index is 1.21. The standard InChI is InChI=1S/C16H14.C2H6/c1-3-8-15-13(4-2)11-12-14-9-6-5-7-10-16(14)15;1-2/h3-6,8-12H,1H2,2H3;1-2H3/b13-4-,15-8+;. The van der Waals surface area contributed by atoms with Gasteiger partial charge in [0.1, 0.15) is 0 Å². The number of benzene rings is 1. The lowest BCUT2D eigenvalue weighted by atomic mass is 10.0. The van der Waals surface area contributed by atoms with E-state index in [9.17, 15) is 0 Å². The Morgan fingerprint density at radius 2 is 2.00 bits per heavy atom. The average Bonchev–Trinajstić information content (AvgIpc) is 2.67. The molecule has 0 unspecified atom stereocenters. The van der Waals surface area contributed by atoms with E-state index in [1.807, 2.05) is 51.2 Å². The van der Waals surface area contributed by atoms with E-state index in [2.05, 4.69) is 36.6 Å². The normalized spacial score (nSPS) is 13.7. The van der Waals surface area contributed by atoms with Crippen molar-refractivity contribution in [2.24, 2.45) is 0 Å². The smallest absolute Gasteiger partial charge is 0.00283 e. The highest BCUT2D eigenvalue weighted by Crippen LogP contribution is 2.09. The largest absolute Gasteiger partial charge is 0.120 e. The molecular weight excluding hydrogens is 216 g/mol. The molecule has 18 heavy (non-hydrogen) atoms. The summed E-state index contributed by atoms with van der Waals surface area (Å²) in [7, 11) is 0. The zero-order valence-corrected chi connectivity index (χ0v) is 11.4.